The van der Waals surface area contributed by atoms with Crippen molar-refractivity contribution in [2.24, 2.45) is 5.73 Å². The fourth-order valence-electron chi connectivity index (χ4n) is 2.98. The van der Waals surface area contributed by atoms with Gasteiger partial charge >= 0.3 is 0 Å². The summed E-state index contributed by atoms with van der Waals surface area (Å²) < 4.78 is 0. The highest BCUT2D eigenvalue weighted by atomic mass is 16.3. The van der Waals surface area contributed by atoms with Gasteiger partial charge in [0.05, 0.1) is 12.5 Å². The molecule has 24 heavy (non-hydrogen) atoms. The van der Waals surface area contributed by atoms with Gasteiger partial charge in [-0.3, -0.25) is 4.79 Å². The van der Waals surface area contributed by atoms with Crippen LogP contribution in [0.15, 0.2) is 66.7 Å². The molecule has 3 heteroatoms. The second-order valence-electron chi connectivity index (χ2n) is 6.01. The third-order valence-electron chi connectivity index (χ3n) is 4.38. The van der Waals surface area contributed by atoms with E-state index in [1.54, 1.807) is 0 Å². The number of carbonyl (C=O) groups excluding carboxylic acids is 1. The Morgan fingerprint density at radius 1 is 0.917 bits per heavy atom. The average molecular weight is 319 g/mol. The van der Waals surface area contributed by atoms with E-state index in [4.69, 9.17) is 10.8 Å². The minimum atomic E-state index is -0.316. The Hall–Kier alpha value is -2.49. The zero-order valence-corrected chi connectivity index (χ0v) is 13.5. The maximum atomic E-state index is 12.7. The minimum absolute atomic E-state index is 0.00138. The van der Waals surface area contributed by atoms with Gasteiger partial charge in [-0.1, -0.05) is 66.7 Å². The van der Waals surface area contributed by atoms with Crippen molar-refractivity contribution in [3.05, 3.63) is 83.4 Å². The summed E-state index contributed by atoms with van der Waals surface area (Å²) in [6.45, 7) is 0.281. The molecule has 0 saturated carbocycles. The minimum Gasteiger partial charge on any atom is -0.392 e. The predicted molar refractivity (Wildman–Crippen MR) is 96.8 cm³/mol. The predicted octanol–water partition coefficient (Wildman–Crippen LogP) is 3.19. The molecule has 0 spiro atoms. The maximum Gasteiger partial charge on any atom is 0.145 e. The van der Waals surface area contributed by atoms with Crippen LogP contribution in [0.4, 0.5) is 0 Å². The quantitative estimate of drug-likeness (QED) is 0.733. The van der Waals surface area contributed by atoms with E-state index in [2.05, 4.69) is 18.2 Å². The molecule has 122 valence electrons. The molecule has 1 unspecified atom stereocenters. The number of aliphatic hydroxyl groups is 1. The van der Waals surface area contributed by atoms with Gasteiger partial charge in [0.25, 0.3) is 0 Å². The molecule has 0 radical (unpaired) electrons. The van der Waals surface area contributed by atoms with E-state index in [0.717, 1.165) is 22.1 Å². The van der Waals surface area contributed by atoms with Crippen LogP contribution in [-0.2, 0) is 17.8 Å². The standard InChI is InChI=1S/C21H21NO2/c22-13-20(18-9-5-15(14-23)6-10-18)21(24)12-16-7-8-17-3-1-2-4-19(17)11-16/h1-11,20,23H,12-14,22H2. The molecule has 0 aliphatic rings. The van der Waals surface area contributed by atoms with Crippen LogP contribution in [0, 0.1) is 0 Å². The zero-order chi connectivity index (χ0) is 16.9. The Labute approximate surface area is 141 Å². The van der Waals surface area contributed by atoms with E-state index < -0.39 is 0 Å². The first-order valence-electron chi connectivity index (χ1n) is 8.11. The van der Waals surface area contributed by atoms with Gasteiger partial charge < -0.3 is 10.8 Å². The molecule has 0 aliphatic heterocycles. The molecule has 3 aromatic carbocycles. The number of ketones is 1. The van der Waals surface area contributed by atoms with Crippen molar-refractivity contribution in [2.45, 2.75) is 18.9 Å². The molecular formula is C21H21NO2. The van der Waals surface area contributed by atoms with Crippen LogP contribution in [0.2, 0.25) is 0 Å². The van der Waals surface area contributed by atoms with Gasteiger partial charge in [0.15, 0.2) is 0 Å². The summed E-state index contributed by atoms with van der Waals surface area (Å²) in [6, 6.07) is 21.7. The van der Waals surface area contributed by atoms with Gasteiger partial charge in [-0.15, -0.1) is 0 Å². The van der Waals surface area contributed by atoms with Crippen molar-refractivity contribution < 1.29 is 9.90 Å². The second-order valence-corrected chi connectivity index (χ2v) is 6.01. The van der Waals surface area contributed by atoms with Gasteiger partial charge in [-0.2, -0.15) is 0 Å². The molecule has 0 amide bonds. The molecule has 0 fully saturated rings. The lowest BCUT2D eigenvalue weighted by Crippen LogP contribution is -2.23. The third kappa shape index (κ3) is 3.53. The molecule has 0 bridgehead atoms. The highest BCUT2D eigenvalue weighted by Crippen LogP contribution is 2.21. The molecule has 0 aliphatic carbocycles. The van der Waals surface area contributed by atoms with Gasteiger partial charge in [0.2, 0.25) is 0 Å². The van der Waals surface area contributed by atoms with Crippen molar-refractivity contribution in [3.8, 4) is 0 Å². The van der Waals surface area contributed by atoms with Crippen LogP contribution in [0.5, 0.6) is 0 Å². The fourth-order valence-corrected chi connectivity index (χ4v) is 2.98. The van der Waals surface area contributed by atoms with E-state index in [0.29, 0.717) is 6.42 Å². The van der Waals surface area contributed by atoms with Crippen molar-refractivity contribution >= 4 is 16.6 Å². The summed E-state index contributed by atoms with van der Waals surface area (Å²) in [5.74, 6) is -0.200. The van der Waals surface area contributed by atoms with Crippen LogP contribution < -0.4 is 5.73 Å². The number of carbonyl (C=O) groups is 1. The molecule has 3 N–H and O–H groups in total. The summed E-state index contributed by atoms with van der Waals surface area (Å²) in [4.78, 5) is 12.7. The van der Waals surface area contributed by atoms with Gasteiger partial charge in [0, 0.05) is 13.0 Å². The number of hydrogen-bond acceptors (Lipinski definition) is 3. The Morgan fingerprint density at radius 2 is 1.58 bits per heavy atom. The monoisotopic (exact) mass is 319 g/mol. The Balaban J connectivity index is 1.79. The van der Waals surface area contributed by atoms with E-state index in [9.17, 15) is 4.79 Å². The number of hydrogen-bond donors (Lipinski definition) is 2. The normalized spacial score (nSPS) is 12.2. The first-order valence-corrected chi connectivity index (χ1v) is 8.11. The number of benzene rings is 3. The highest BCUT2D eigenvalue weighted by molar-refractivity contribution is 5.90. The van der Waals surface area contributed by atoms with Crippen molar-refractivity contribution in [3.63, 3.8) is 0 Å². The molecule has 3 aromatic rings. The summed E-state index contributed by atoms with van der Waals surface area (Å²) >= 11 is 0. The molecular weight excluding hydrogens is 298 g/mol. The maximum absolute atomic E-state index is 12.7. The number of Topliss-reactive ketones (excluding diaryl/α,β-unsaturated/α-hetero) is 1. The largest absolute Gasteiger partial charge is 0.392 e. The lowest BCUT2D eigenvalue weighted by atomic mass is 9.90. The Bertz CT molecular complexity index is 840. The molecule has 3 nitrogen and oxygen atoms in total. The summed E-state index contributed by atoms with van der Waals surface area (Å²) in [5, 5.41) is 11.4. The SMILES string of the molecule is NCC(C(=O)Cc1ccc2ccccc2c1)c1ccc(CO)cc1. The van der Waals surface area contributed by atoms with Crippen molar-refractivity contribution in [2.75, 3.05) is 6.54 Å². The number of fused-ring (bicyclic) bond motifs is 1. The second kappa shape index (κ2) is 7.39. The summed E-state index contributed by atoms with van der Waals surface area (Å²) in [6.07, 6.45) is 0.369. The Kier molecular flexibility index (Phi) is 5.04. The van der Waals surface area contributed by atoms with Crippen molar-refractivity contribution in [1.29, 1.82) is 0 Å². The summed E-state index contributed by atoms with van der Waals surface area (Å²) in [5.41, 5.74) is 8.59. The van der Waals surface area contributed by atoms with Crippen LogP contribution in [0.1, 0.15) is 22.6 Å². The van der Waals surface area contributed by atoms with Gasteiger partial charge in [-0.05, 0) is 27.5 Å². The van der Waals surface area contributed by atoms with Crippen LogP contribution in [-0.4, -0.2) is 17.4 Å². The third-order valence-corrected chi connectivity index (χ3v) is 4.38. The number of aliphatic hydroxyl groups excluding tert-OH is 1. The van der Waals surface area contributed by atoms with Crippen molar-refractivity contribution in [1.82, 2.24) is 0 Å². The first kappa shape index (κ1) is 16.4. The molecule has 3 rings (SSSR count). The van der Waals surface area contributed by atoms with Gasteiger partial charge in [0.1, 0.15) is 5.78 Å². The Morgan fingerprint density at radius 3 is 2.25 bits per heavy atom. The van der Waals surface area contributed by atoms with E-state index in [-0.39, 0.29) is 24.9 Å². The number of rotatable bonds is 6. The zero-order valence-electron chi connectivity index (χ0n) is 13.5. The van der Waals surface area contributed by atoms with Gasteiger partial charge in [-0.25, -0.2) is 0 Å². The fraction of sp³-hybridized carbons (Fsp3) is 0.190. The number of nitrogens with two attached hydrogens (primary N) is 1. The highest BCUT2D eigenvalue weighted by Gasteiger charge is 2.19. The summed E-state index contributed by atoms with van der Waals surface area (Å²) in [7, 11) is 0. The van der Waals surface area contributed by atoms with E-state index >= 15 is 0 Å². The topological polar surface area (TPSA) is 63.3 Å². The van der Waals surface area contributed by atoms with Crippen LogP contribution in [0.25, 0.3) is 10.8 Å². The van der Waals surface area contributed by atoms with E-state index in [1.807, 2.05) is 48.5 Å². The molecule has 1 atom stereocenters. The van der Waals surface area contributed by atoms with Crippen LogP contribution in [0.3, 0.4) is 0 Å². The lowest BCUT2D eigenvalue weighted by molar-refractivity contribution is -0.119. The molecule has 0 aromatic heterocycles. The lowest BCUT2D eigenvalue weighted by Gasteiger charge is -2.15. The molecule has 0 saturated heterocycles. The average Bonchev–Trinajstić information content (AvgIpc) is 2.63. The first-order chi connectivity index (χ1) is 11.7. The molecule has 0 heterocycles. The van der Waals surface area contributed by atoms with E-state index in [1.165, 1.54) is 5.39 Å². The van der Waals surface area contributed by atoms with Crippen LogP contribution >= 0.6 is 0 Å². The smallest absolute Gasteiger partial charge is 0.145 e.